The summed E-state index contributed by atoms with van der Waals surface area (Å²) in [7, 11) is 1.49. The number of hydrogen-bond donors (Lipinski definition) is 1. The van der Waals surface area contributed by atoms with Crippen molar-refractivity contribution in [3.8, 4) is 6.07 Å². The fraction of sp³-hybridized carbons (Fsp3) is 0.565. The molecule has 0 saturated heterocycles. The Kier molecular flexibility index (Phi) is 8.26. The number of carbonyl (C=O) groups is 2. The highest BCUT2D eigenvalue weighted by molar-refractivity contribution is 5.95. The monoisotopic (exact) mass is 432 g/mol. The molecule has 1 aliphatic carbocycles. The molecular formula is C23H30F2N4O2. The predicted molar refractivity (Wildman–Crippen MR) is 115 cm³/mol. The zero-order valence-electron chi connectivity index (χ0n) is 18.5. The molecule has 168 valence electrons. The minimum atomic E-state index is -1.18. The predicted octanol–water partition coefficient (Wildman–Crippen LogP) is 3.53. The molecule has 2 rings (SSSR count). The molecule has 0 bridgehead atoms. The lowest BCUT2D eigenvalue weighted by atomic mass is 9.80. The maximum absolute atomic E-state index is 13.8. The molecule has 1 aromatic rings. The van der Waals surface area contributed by atoms with Crippen LogP contribution in [0.5, 0.6) is 0 Å². The number of halogens is 2. The number of alkyl halides is 1. The Morgan fingerprint density at radius 3 is 2.68 bits per heavy atom. The molecule has 0 aliphatic heterocycles. The number of benzene rings is 1. The van der Waals surface area contributed by atoms with E-state index in [1.54, 1.807) is 6.07 Å². The van der Waals surface area contributed by atoms with E-state index in [1.165, 1.54) is 37.1 Å². The van der Waals surface area contributed by atoms with Crippen molar-refractivity contribution < 1.29 is 18.4 Å². The molecule has 1 fully saturated rings. The molecule has 2 amide bonds. The van der Waals surface area contributed by atoms with Gasteiger partial charge in [-0.15, -0.1) is 0 Å². The largest absolute Gasteiger partial charge is 0.352 e. The van der Waals surface area contributed by atoms with Gasteiger partial charge < -0.3 is 10.2 Å². The van der Waals surface area contributed by atoms with Crippen LogP contribution in [0.3, 0.4) is 0 Å². The normalized spacial score (nSPS) is 20.7. The SMILES string of the molecule is C[C@@H](F)C[C@@H](C#N)N(C)C(=O)C/N=C1\CC[C@H](CNC(=O)c2ccccc2F)C1(C)C. The minimum Gasteiger partial charge on any atom is -0.352 e. The highest BCUT2D eigenvalue weighted by Gasteiger charge is 2.40. The van der Waals surface area contributed by atoms with Crippen molar-refractivity contribution >= 4 is 17.5 Å². The van der Waals surface area contributed by atoms with Crippen LogP contribution in [-0.2, 0) is 4.79 Å². The Balaban J connectivity index is 1.96. The molecular weight excluding hydrogens is 402 g/mol. The Labute approximate surface area is 182 Å². The summed E-state index contributed by atoms with van der Waals surface area (Å²) in [6.45, 7) is 5.64. The maximum Gasteiger partial charge on any atom is 0.254 e. The average molecular weight is 433 g/mol. The van der Waals surface area contributed by atoms with Crippen molar-refractivity contribution in [3.05, 3.63) is 35.6 Å². The Morgan fingerprint density at radius 1 is 1.39 bits per heavy atom. The molecule has 0 radical (unpaired) electrons. The fourth-order valence-corrected chi connectivity index (χ4v) is 3.88. The van der Waals surface area contributed by atoms with Crippen molar-refractivity contribution in [2.45, 2.75) is 52.2 Å². The standard InChI is InChI=1S/C23H30F2N4O2/c1-15(24)11-17(12-26)29(4)21(30)14-27-20-10-9-16(23(20,2)3)13-28-22(31)18-7-5-6-8-19(18)25/h5-8,15-17H,9-11,13-14H2,1-4H3,(H,28,31)/b27-20+/t15-,16-,17+/m1/s1. The number of nitrogens with one attached hydrogen (secondary N) is 1. The van der Waals surface area contributed by atoms with E-state index in [1.807, 2.05) is 19.9 Å². The van der Waals surface area contributed by atoms with Gasteiger partial charge in [-0.3, -0.25) is 14.6 Å². The molecule has 6 nitrogen and oxygen atoms in total. The quantitative estimate of drug-likeness (QED) is 0.682. The molecule has 8 heteroatoms. The van der Waals surface area contributed by atoms with E-state index in [2.05, 4.69) is 10.3 Å². The number of nitrogens with zero attached hydrogens (tertiary/aromatic N) is 3. The molecule has 0 spiro atoms. The number of aliphatic imine (C=N–C) groups is 1. The smallest absolute Gasteiger partial charge is 0.254 e. The van der Waals surface area contributed by atoms with Gasteiger partial charge in [0.05, 0.1) is 11.6 Å². The summed E-state index contributed by atoms with van der Waals surface area (Å²) in [6, 6.07) is 6.97. The highest BCUT2D eigenvalue weighted by Crippen LogP contribution is 2.40. The van der Waals surface area contributed by atoms with E-state index in [9.17, 15) is 23.6 Å². The lowest BCUT2D eigenvalue weighted by Gasteiger charge is -2.28. The van der Waals surface area contributed by atoms with Crippen molar-refractivity contribution in [1.29, 1.82) is 5.26 Å². The summed E-state index contributed by atoms with van der Waals surface area (Å²) in [5, 5.41) is 12.0. The first kappa shape index (κ1) is 24.4. The van der Waals surface area contributed by atoms with E-state index in [4.69, 9.17) is 0 Å². The summed E-state index contributed by atoms with van der Waals surface area (Å²) in [5.41, 5.74) is 0.533. The van der Waals surface area contributed by atoms with Crippen LogP contribution in [0.1, 0.15) is 50.4 Å². The van der Waals surface area contributed by atoms with Gasteiger partial charge in [0.2, 0.25) is 5.91 Å². The van der Waals surface area contributed by atoms with Gasteiger partial charge in [-0.1, -0.05) is 26.0 Å². The molecule has 0 heterocycles. The summed E-state index contributed by atoms with van der Waals surface area (Å²) in [5.74, 6) is -1.27. The molecule has 1 saturated carbocycles. The maximum atomic E-state index is 13.8. The lowest BCUT2D eigenvalue weighted by molar-refractivity contribution is -0.129. The zero-order valence-corrected chi connectivity index (χ0v) is 18.5. The van der Waals surface area contributed by atoms with Crippen molar-refractivity contribution in [1.82, 2.24) is 10.2 Å². The van der Waals surface area contributed by atoms with Gasteiger partial charge in [-0.25, -0.2) is 8.78 Å². The van der Waals surface area contributed by atoms with E-state index < -0.39 is 23.9 Å². The lowest BCUT2D eigenvalue weighted by Crippen LogP contribution is -2.39. The van der Waals surface area contributed by atoms with Crippen LogP contribution in [0, 0.1) is 28.5 Å². The number of carbonyl (C=O) groups excluding carboxylic acids is 2. The van der Waals surface area contributed by atoms with Gasteiger partial charge >= 0.3 is 0 Å². The number of rotatable bonds is 8. The molecule has 31 heavy (non-hydrogen) atoms. The van der Waals surface area contributed by atoms with Crippen LogP contribution in [0.25, 0.3) is 0 Å². The summed E-state index contributed by atoms with van der Waals surface area (Å²) >= 11 is 0. The van der Waals surface area contributed by atoms with Crippen LogP contribution in [0.2, 0.25) is 0 Å². The first-order valence-corrected chi connectivity index (χ1v) is 10.4. The second kappa shape index (κ2) is 10.5. The topological polar surface area (TPSA) is 85.6 Å². The average Bonchev–Trinajstić information content (AvgIpc) is 3.01. The van der Waals surface area contributed by atoms with Gasteiger partial charge in [0.1, 0.15) is 24.6 Å². The van der Waals surface area contributed by atoms with Crippen LogP contribution in [-0.4, -0.2) is 54.8 Å². The van der Waals surface area contributed by atoms with Gasteiger partial charge in [0, 0.05) is 31.1 Å². The number of nitriles is 1. The molecule has 1 aliphatic rings. The third-order valence-electron chi connectivity index (χ3n) is 6.08. The molecule has 1 N–H and O–H groups in total. The molecule has 1 aromatic carbocycles. The number of hydrogen-bond acceptors (Lipinski definition) is 4. The molecule has 3 atom stereocenters. The van der Waals surface area contributed by atoms with Crippen molar-refractivity contribution in [2.75, 3.05) is 20.1 Å². The highest BCUT2D eigenvalue weighted by atomic mass is 19.1. The van der Waals surface area contributed by atoms with Gasteiger partial charge in [-0.2, -0.15) is 5.26 Å². The Bertz CT molecular complexity index is 877. The first-order valence-electron chi connectivity index (χ1n) is 10.4. The number of amides is 2. The Morgan fingerprint density at radius 2 is 2.06 bits per heavy atom. The Hall–Kier alpha value is -2.82. The number of likely N-dealkylation sites (N-methyl/N-ethyl adjacent to an activating group) is 1. The second-order valence-corrected chi connectivity index (χ2v) is 8.58. The van der Waals surface area contributed by atoms with E-state index in [-0.39, 0.29) is 35.8 Å². The molecule has 0 unspecified atom stereocenters. The first-order chi connectivity index (χ1) is 14.6. The summed E-state index contributed by atoms with van der Waals surface area (Å²) < 4.78 is 27.0. The third kappa shape index (κ3) is 6.09. The van der Waals surface area contributed by atoms with Gasteiger partial charge in [0.15, 0.2) is 0 Å². The van der Waals surface area contributed by atoms with Crippen LogP contribution in [0.4, 0.5) is 8.78 Å². The van der Waals surface area contributed by atoms with Gasteiger partial charge in [0.25, 0.3) is 5.91 Å². The van der Waals surface area contributed by atoms with Crippen molar-refractivity contribution in [3.63, 3.8) is 0 Å². The summed E-state index contributed by atoms with van der Waals surface area (Å²) in [4.78, 5) is 30.5. The van der Waals surface area contributed by atoms with Crippen LogP contribution in [0.15, 0.2) is 29.3 Å². The van der Waals surface area contributed by atoms with Crippen LogP contribution < -0.4 is 5.32 Å². The fourth-order valence-electron chi connectivity index (χ4n) is 3.88. The van der Waals surface area contributed by atoms with Crippen molar-refractivity contribution in [2.24, 2.45) is 16.3 Å². The molecule has 0 aromatic heterocycles. The van der Waals surface area contributed by atoms with Crippen LogP contribution >= 0.6 is 0 Å². The minimum absolute atomic E-state index is 0.00970. The third-order valence-corrected chi connectivity index (χ3v) is 6.08. The van der Waals surface area contributed by atoms with Gasteiger partial charge in [-0.05, 0) is 37.8 Å². The zero-order chi connectivity index (χ0) is 23.2. The van der Waals surface area contributed by atoms with E-state index >= 15 is 0 Å². The summed E-state index contributed by atoms with van der Waals surface area (Å²) in [6.07, 6.45) is 0.256. The second-order valence-electron chi connectivity index (χ2n) is 8.58. The van der Waals surface area contributed by atoms with E-state index in [0.29, 0.717) is 13.0 Å². The van der Waals surface area contributed by atoms with E-state index in [0.717, 1.165) is 12.1 Å².